The van der Waals surface area contributed by atoms with E-state index in [-0.39, 0.29) is 5.69 Å². The van der Waals surface area contributed by atoms with E-state index in [4.69, 9.17) is 0 Å². The number of benzene rings is 2. The van der Waals surface area contributed by atoms with E-state index in [1.165, 1.54) is 0 Å². The Hall–Kier alpha value is -3.97. The third kappa shape index (κ3) is 4.85. The lowest BCUT2D eigenvalue weighted by molar-refractivity contribution is -0.393. The van der Waals surface area contributed by atoms with Crippen LogP contribution in [0.25, 0.3) is 0 Å². The van der Waals surface area contributed by atoms with Gasteiger partial charge in [0, 0.05) is 11.8 Å². The lowest BCUT2D eigenvalue weighted by Gasteiger charge is -2.17. The number of carbonyl (C=O) groups is 1. The molecule has 2 aromatic carbocycles. The second-order valence-electron chi connectivity index (χ2n) is 5.32. The molecule has 10 nitrogen and oxygen atoms in total. The third-order valence-electron chi connectivity index (χ3n) is 3.37. The number of ether oxygens (including phenoxy) is 1. The normalized spacial score (nSPS) is 11.2. The van der Waals surface area contributed by atoms with Gasteiger partial charge in [0.25, 0.3) is 11.4 Å². The van der Waals surface area contributed by atoms with Crippen LogP contribution in [0.3, 0.4) is 0 Å². The topological polar surface area (TPSA) is 145 Å². The van der Waals surface area contributed by atoms with Crippen LogP contribution in [0.2, 0.25) is 0 Å². The van der Waals surface area contributed by atoms with Crippen molar-refractivity contribution >= 4 is 28.7 Å². The van der Waals surface area contributed by atoms with Gasteiger partial charge in [-0.3, -0.25) is 20.2 Å². The monoisotopic (exact) mass is 419 g/mol. The molecule has 0 unspecified atom stereocenters. The number of nitro benzene ring substituents is 2. The fraction of sp³-hybridized carbons (Fsp3) is 0.133. The van der Waals surface area contributed by atoms with E-state index >= 15 is 0 Å². The minimum Gasteiger partial charge on any atom is -0.478 e. The summed E-state index contributed by atoms with van der Waals surface area (Å²) in [6, 6.07) is 4.78. The van der Waals surface area contributed by atoms with E-state index in [1.807, 2.05) is 0 Å². The molecule has 0 atom stereocenters. The summed E-state index contributed by atoms with van der Waals surface area (Å²) in [7, 11) is 0. The first kappa shape index (κ1) is 21.3. The van der Waals surface area contributed by atoms with E-state index in [9.17, 15) is 47.7 Å². The van der Waals surface area contributed by atoms with Gasteiger partial charge in [0.05, 0.1) is 21.5 Å². The van der Waals surface area contributed by atoms with Gasteiger partial charge in [-0.1, -0.05) is 0 Å². The SMILES string of the molecule is O=C(O)c1cc([N+](=O)[O-])cc([N+](=O)[O-])c1Nc1ccc(OC(F)(F)C(F)F)cc1. The zero-order chi connectivity index (χ0) is 21.9. The fourth-order valence-corrected chi connectivity index (χ4v) is 2.11. The second kappa shape index (κ2) is 7.95. The average molecular weight is 419 g/mol. The van der Waals surface area contributed by atoms with Crippen LogP contribution in [-0.2, 0) is 0 Å². The maximum absolute atomic E-state index is 12.9. The van der Waals surface area contributed by atoms with Crippen molar-refractivity contribution in [2.24, 2.45) is 0 Å². The number of halogens is 4. The molecule has 154 valence electrons. The quantitative estimate of drug-likeness (QED) is 0.368. The number of alkyl halides is 4. The molecule has 0 amide bonds. The van der Waals surface area contributed by atoms with Gasteiger partial charge in [0.1, 0.15) is 11.4 Å². The van der Waals surface area contributed by atoms with Gasteiger partial charge in [-0.05, 0) is 24.3 Å². The first-order chi connectivity index (χ1) is 13.4. The van der Waals surface area contributed by atoms with Crippen LogP contribution < -0.4 is 10.1 Å². The first-order valence-electron chi connectivity index (χ1n) is 7.34. The van der Waals surface area contributed by atoms with Gasteiger partial charge in [0.15, 0.2) is 0 Å². The molecule has 0 aliphatic heterocycles. The van der Waals surface area contributed by atoms with Gasteiger partial charge in [-0.25, -0.2) is 4.79 Å². The molecule has 0 saturated carbocycles. The molecule has 29 heavy (non-hydrogen) atoms. The Morgan fingerprint density at radius 3 is 2.14 bits per heavy atom. The molecular formula is C15H9F4N3O7. The lowest BCUT2D eigenvalue weighted by atomic mass is 10.1. The smallest absolute Gasteiger partial charge is 0.461 e. The standard InChI is InChI=1S/C15H9F4N3O7/c16-14(17)15(18,19)29-9-3-1-7(2-4-9)20-12-10(13(23)24)5-8(21(25)26)6-11(12)22(27)28/h1-6,14,20H,(H,23,24). The van der Waals surface area contributed by atoms with Crippen molar-refractivity contribution in [3.05, 3.63) is 62.2 Å². The van der Waals surface area contributed by atoms with Gasteiger partial charge in [-0.2, -0.15) is 17.6 Å². The highest BCUT2D eigenvalue weighted by atomic mass is 19.3. The Kier molecular flexibility index (Phi) is 5.85. The summed E-state index contributed by atoms with van der Waals surface area (Å²) >= 11 is 0. The number of carboxylic acid groups (broad SMARTS) is 1. The first-order valence-corrected chi connectivity index (χ1v) is 7.34. The van der Waals surface area contributed by atoms with Crippen LogP contribution in [0.1, 0.15) is 10.4 Å². The van der Waals surface area contributed by atoms with E-state index in [1.54, 1.807) is 0 Å². The predicted octanol–water partition coefficient (Wildman–Crippen LogP) is 4.18. The summed E-state index contributed by atoms with van der Waals surface area (Å²) in [5, 5.41) is 33.6. The van der Waals surface area contributed by atoms with E-state index < -0.39 is 56.7 Å². The number of anilines is 2. The minimum absolute atomic E-state index is 0.0721. The molecule has 2 aromatic rings. The van der Waals surface area contributed by atoms with Gasteiger partial charge < -0.3 is 15.2 Å². The number of carboxylic acids is 1. The van der Waals surface area contributed by atoms with Crippen molar-refractivity contribution in [3.8, 4) is 5.75 Å². The highest BCUT2D eigenvalue weighted by Gasteiger charge is 2.43. The number of aromatic carboxylic acids is 1. The van der Waals surface area contributed by atoms with E-state index in [0.29, 0.717) is 12.1 Å². The van der Waals surface area contributed by atoms with Crippen molar-refractivity contribution < 1.29 is 42.0 Å². The average Bonchev–Trinajstić information content (AvgIpc) is 2.62. The molecule has 0 aliphatic carbocycles. The number of nitro groups is 2. The largest absolute Gasteiger partial charge is 0.478 e. The Bertz CT molecular complexity index is 932. The Labute approximate surface area is 157 Å². The van der Waals surface area contributed by atoms with Crippen molar-refractivity contribution in [3.63, 3.8) is 0 Å². The van der Waals surface area contributed by atoms with Crippen molar-refractivity contribution in [1.82, 2.24) is 0 Å². The van der Waals surface area contributed by atoms with Crippen LogP contribution in [0, 0.1) is 20.2 Å². The van der Waals surface area contributed by atoms with E-state index in [2.05, 4.69) is 10.1 Å². The molecule has 0 radical (unpaired) electrons. The minimum atomic E-state index is -4.75. The number of rotatable bonds is 8. The number of hydrogen-bond donors (Lipinski definition) is 2. The van der Waals surface area contributed by atoms with Crippen LogP contribution >= 0.6 is 0 Å². The molecule has 0 heterocycles. The van der Waals surface area contributed by atoms with Gasteiger partial charge in [0.2, 0.25) is 0 Å². The van der Waals surface area contributed by atoms with E-state index in [0.717, 1.165) is 24.3 Å². The molecule has 14 heteroatoms. The van der Waals surface area contributed by atoms with Crippen LogP contribution in [0.15, 0.2) is 36.4 Å². The zero-order valence-corrected chi connectivity index (χ0v) is 13.8. The molecule has 0 bridgehead atoms. The van der Waals surface area contributed by atoms with Gasteiger partial charge in [-0.15, -0.1) is 0 Å². The fourth-order valence-electron chi connectivity index (χ4n) is 2.11. The molecule has 2 N–H and O–H groups in total. The maximum atomic E-state index is 12.9. The highest BCUT2D eigenvalue weighted by Crippen LogP contribution is 2.36. The summed E-state index contributed by atoms with van der Waals surface area (Å²) < 4.78 is 53.9. The molecule has 2 rings (SSSR count). The van der Waals surface area contributed by atoms with Crippen LogP contribution in [0.4, 0.5) is 40.3 Å². The molecule has 0 spiro atoms. The summed E-state index contributed by atoms with van der Waals surface area (Å²) in [5.74, 6) is -2.37. The number of nitrogens with one attached hydrogen (secondary N) is 1. The maximum Gasteiger partial charge on any atom is 0.461 e. The van der Waals surface area contributed by atoms with Crippen molar-refractivity contribution in [1.29, 1.82) is 0 Å². The summed E-state index contributed by atoms with van der Waals surface area (Å²) in [6.07, 6.45) is -8.83. The third-order valence-corrected chi connectivity index (χ3v) is 3.37. The highest BCUT2D eigenvalue weighted by molar-refractivity contribution is 5.99. The Balaban J connectivity index is 2.42. The Morgan fingerprint density at radius 1 is 1.10 bits per heavy atom. The van der Waals surface area contributed by atoms with Crippen LogP contribution in [0.5, 0.6) is 5.75 Å². The zero-order valence-electron chi connectivity index (χ0n) is 13.8. The van der Waals surface area contributed by atoms with Crippen molar-refractivity contribution in [2.45, 2.75) is 12.5 Å². The number of non-ortho nitro benzene ring substituents is 1. The van der Waals surface area contributed by atoms with Crippen molar-refractivity contribution in [2.75, 3.05) is 5.32 Å². The summed E-state index contributed by atoms with van der Waals surface area (Å²) in [6.45, 7) is 0. The number of hydrogen-bond acceptors (Lipinski definition) is 7. The molecular weight excluding hydrogens is 410 g/mol. The Morgan fingerprint density at radius 2 is 1.69 bits per heavy atom. The molecule has 0 saturated heterocycles. The molecule has 0 aliphatic rings. The summed E-state index contributed by atoms with van der Waals surface area (Å²) in [4.78, 5) is 31.4. The molecule has 0 fully saturated rings. The lowest BCUT2D eigenvalue weighted by Crippen LogP contribution is -2.33. The summed E-state index contributed by atoms with van der Waals surface area (Å²) in [5.41, 5.74) is -3.24. The number of nitrogens with zero attached hydrogens (tertiary/aromatic N) is 2. The predicted molar refractivity (Wildman–Crippen MR) is 88.0 cm³/mol. The van der Waals surface area contributed by atoms with Gasteiger partial charge >= 0.3 is 18.5 Å². The molecule has 0 aromatic heterocycles. The van der Waals surface area contributed by atoms with Crippen LogP contribution in [-0.4, -0.2) is 33.5 Å². The second-order valence-corrected chi connectivity index (χ2v) is 5.32.